The van der Waals surface area contributed by atoms with Gasteiger partial charge in [0.1, 0.15) is 0 Å². The van der Waals surface area contributed by atoms with E-state index in [1.165, 1.54) is 6.07 Å². The number of pyridine rings is 1. The first-order valence-electron chi connectivity index (χ1n) is 5.78. The quantitative estimate of drug-likeness (QED) is 0.872. The molecule has 0 saturated carbocycles. The van der Waals surface area contributed by atoms with Crippen molar-refractivity contribution in [2.45, 2.75) is 19.5 Å². The molecule has 1 aromatic heterocycles. The first-order chi connectivity index (χ1) is 8.68. The van der Waals surface area contributed by atoms with E-state index in [0.717, 1.165) is 5.56 Å². The van der Waals surface area contributed by atoms with Crippen LogP contribution in [-0.2, 0) is 6.54 Å². The first-order valence-corrected chi connectivity index (χ1v) is 5.78. The molecule has 0 saturated heterocycles. The Kier molecular flexibility index (Phi) is 3.89. The number of para-hydroxylation sites is 1. The van der Waals surface area contributed by atoms with Gasteiger partial charge in [-0.15, -0.1) is 0 Å². The van der Waals surface area contributed by atoms with Gasteiger partial charge in [0, 0.05) is 30.5 Å². The van der Waals surface area contributed by atoms with E-state index in [9.17, 15) is 9.50 Å². The van der Waals surface area contributed by atoms with Crippen molar-refractivity contribution in [3.05, 3.63) is 59.7 Å². The Morgan fingerprint density at radius 1 is 1.33 bits per heavy atom. The summed E-state index contributed by atoms with van der Waals surface area (Å²) >= 11 is 0. The van der Waals surface area contributed by atoms with Crippen molar-refractivity contribution >= 4 is 0 Å². The number of hydrogen-bond acceptors (Lipinski definition) is 3. The number of halogens is 1. The second-order valence-electron chi connectivity index (χ2n) is 4.14. The summed E-state index contributed by atoms with van der Waals surface area (Å²) in [5, 5.41) is 12.8. The molecule has 0 fully saturated rings. The third-order valence-electron chi connectivity index (χ3n) is 2.85. The Hall–Kier alpha value is -1.94. The van der Waals surface area contributed by atoms with Crippen LogP contribution in [0, 0.1) is 5.82 Å². The number of phenols is 1. The highest BCUT2D eigenvalue weighted by molar-refractivity contribution is 5.33. The number of benzene rings is 1. The van der Waals surface area contributed by atoms with Gasteiger partial charge >= 0.3 is 0 Å². The zero-order valence-electron chi connectivity index (χ0n) is 10.1. The molecular weight excluding hydrogens is 231 g/mol. The number of nitrogens with zero attached hydrogens (tertiary/aromatic N) is 1. The smallest absolute Gasteiger partial charge is 0.165 e. The maximum Gasteiger partial charge on any atom is 0.165 e. The van der Waals surface area contributed by atoms with Crippen LogP contribution in [0.25, 0.3) is 0 Å². The lowest BCUT2D eigenvalue weighted by Gasteiger charge is -2.14. The van der Waals surface area contributed by atoms with Crippen molar-refractivity contribution in [2.24, 2.45) is 0 Å². The summed E-state index contributed by atoms with van der Waals surface area (Å²) in [4.78, 5) is 4.04. The number of aromatic hydroxyl groups is 1. The molecule has 2 rings (SSSR count). The molecule has 18 heavy (non-hydrogen) atoms. The summed E-state index contributed by atoms with van der Waals surface area (Å²) in [5.74, 6) is -0.883. The molecule has 0 spiro atoms. The maximum absolute atomic E-state index is 13.1. The van der Waals surface area contributed by atoms with Crippen molar-refractivity contribution < 1.29 is 9.50 Å². The normalized spacial score (nSPS) is 12.3. The minimum atomic E-state index is -0.594. The Balaban J connectivity index is 2.02. The molecule has 4 heteroatoms. The lowest BCUT2D eigenvalue weighted by atomic mass is 10.1. The second-order valence-corrected chi connectivity index (χ2v) is 4.14. The van der Waals surface area contributed by atoms with Crippen molar-refractivity contribution in [3.63, 3.8) is 0 Å². The van der Waals surface area contributed by atoms with E-state index in [2.05, 4.69) is 10.3 Å². The Labute approximate surface area is 105 Å². The predicted octanol–water partition coefficient (Wildman–Crippen LogP) is 2.78. The van der Waals surface area contributed by atoms with E-state index >= 15 is 0 Å². The van der Waals surface area contributed by atoms with E-state index < -0.39 is 5.82 Å². The van der Waals surface area contributed by atoms with Crippen LogP contribution in [0.5, 0.6) is 5.75 Å². The van der Waals surface area contributed by atoms with E-state index in [1.807, 2.05) is 19.1 Å². The molecule has 1 unspecified atom stereocenters. The van der Waals surface area contributed by atoms with E-state index in [1.54, 1.807) is 24.5 Å². The van der Waals surface area contributed by atoms with Crippen molar-refractivity contribution in [1.29, 1.82) is 0 Å². The summed E-state index contributed by atoms with van der Waals surface area (Å²) in [6.07, 6.45) is 3.50. The molecule has 1 atom stereocenters. The number of hydrogen-bond donors (Lipinski definition) is 2. The Morgan fingerprint density at radius 3 is 2.89 bits per heavy atom. The average Bonchev–Trinajstić information content (AvgIpc) is 2.41. The standard InChI is InChI=1S/C14H15FN2O/c1-10(11-5-3-7-16-8-11)17-9-12-4-2-6-13(15)14(12)18/h2-8,10,17-18H,9H2,1H3. The molecule has 94 valence electrons. The summed E-state index contributed by atoms with van der Waals surface area (Å²) in [5.41, 5.74) is 1.60. The monoisotopic (exact) mass is 246 g/mol. The van der Waals surface area contributed by atoms with E-state index in [4.69, 9.17) is 0 Å². The Morgan fingerprint density at radius 2 is 2.17 bits per heavy atom. The predicted molar refractivity (Wildman–Crippen MR) is 67.6 cm³/mol. The Bertz CT molecular complexity index is 516. The van der Waals surface area contributed by atoms with Crippen LogP contribution in [0.3, 0.4) is 0 Å². The molecule has 0 aliphatic heterocycles. The minimum Gasteiger partial charge on any atom is -0.505 e. The highest BCUT2D eigenvalue weighted by Gasteiger charge is 2.09. The molecular formula is C14H15FN2O. The number of phenolic OH excluding ortho intramolecular Hbond substituents is 1. The van der Waals surface area contributed by atoms with Crippen molar-refractivity contribution in [3.8, 4) is 5.75 Å². The molecule has 2 aromatic rings. The zero-order valence-corrected chi connectivity index (χ0v) is 10.1. The van der Waals surface area contributed by atoms with Gasteiger partial charge in [-0.05, 0) is 24.6 Å². The van der Waals surface area contributed by atoms with E-state index in [0.29, 0.717) is 12.1 Å². The van der Waals surface area contributed by atoms with Gasteiger partial charge in [-0.25, -0.2) is 4.39 Å². The molecule has 1 heterocycles. The van der Waals surface area contributed by atoms with Gasteiger partial charge in [-0.1, -0.05) is 18.2 Å². The van der Waals surface area contributed by atoms with Crippen LogP contribution >= 0.6 is 0 Å². The van der Waals surface area contributed by atoms with Gasteiger partial charge in [0.05, 0.1) is 0 Å². The van der Waals surface area contributed by atoms with Crippen LogP contribution < -0.4 is 5.32 Å². The topological polar surface area (TPSA) is 45.1 Å². The van der Waals surface area contributed by atoms with Crippen LogP contribution in [0.1, 0.15) is 24.1 Å². The number of rotatable bonds is 4. The lowest BCUT2D eigenvalue weighted by molar-refractivity contribution is 0.421. The second kappa shape index (κ2) is 5.60. The molecule has 0 aliphatic rings. The maximum atomic E-state index is 13.1. The van der Waals surface area contributed by atoms with Gasteiger partial charge in [-0.2, -0.15) is 0 Å². The highest BCUT2D eigenvalue weighted by atomic mass is 19.1. The average molecular weight is 246 g/mol. The van der Waals surface area contributed by atoms with Crippen LogP contribution in [0.15, 0.2) is 42.7 Å². The van der Waals surface area contributed by atoms with Crippen LogP contribution in [0.4, 0.5) is 4.39 Å². The van der Waals surface area contributed by atoms with Crippen LogP contribution in [0.2, 0.25) is 0 Å². The van der Waals surface area contributed by atoms with Crippen molar-refractivity contribution in [1.82, 2.24) is 10.3 Å². The van der Waals surface area contributed by atoms with Gasteiger partial charge < -0.3 is 10.4 Å². The SMILES string of the molecule is CC(NCc1cccc(F)c1O)c1cccnc1. The van der Waals surface area contributed by atoms with Gasteiger partial charge in [0.2, 0.25) is 0 Å². The lowest BCUT2D eigenvalue weighted by Crippen LogP contribution is -2.18. The summed E-state index contributed by atoms with van der Waals surface area (Å²) in [7, 11) is 0. The highest BCUT2D eigenvalue weighted by Crippen LogP contribution is 2.21. The molecule has 2 N–H and O–H groups in total. The fourth-order valence-electron chi connectivity index (χ4n) is 1.72. The fraction of sp³-hybridized carbons (Fsp3) is 0.214. The van der Waals surface area contributed by atoms with Gasteiger partial charge in [0.25, 0.3) is 0 Å². The molecule has 0 aliphatic carbocycles. The third-order valence-corrected chi connectivity index (χ3v) is 2.85. The van der Waals surface area contributed by atoms with Crippen molar-refractivity contribution in [2.75, 3.05) is 0 Å². The molecule has 0 amide bonds. The van der Waals surface area contributed by atoms with Gasteiger partial charge in [0.15, 0.2) is 11.6 Å². The summed E-state index contributed by atoms with van der Waals surface area (Å²) < 4.78 is 13.1. The number of nitrogens with one attached hydrogen (secondary N) is 1. The molecule has 0 radical (unpaired) electrons. The molecule has 1 aromatic carbocycles. The fourth-order valence-corrected chi connectivity index (χ4v) is 1.72. The third kappa shape index (κ3) is 2.84. The minimum absolute atomic E-state index is 0.0846. The summed E-state index contributed by atoms with van der Waals surface area (Å²) in [6, 6.07) is 8.44. The summed E-state index contributed by atoms with van der Waals surface area (Å²) in [6.45, 7) is 2.40. The van der Waals surface area contributed by atoms with Crippen LogP contribution in [-0.4, -0.2) is 10.1 Å². The van der Waals surface area contributed by atoms with Gasteiger partial charge in [-0.3, -0.25) is 4.98 Å². The first kappa shape index (κ1) is 12.5. The zero-order chi connectivity index (χ0) is 13.0. The largest absolute Gasteiger partial charge is 0.505 e. The molecule has 3 nitrogen and oxygen atoms in total. The van der Waals surface area contributed by atoms with E-state index in [-0.39, 0.29) is 11.8 Å². The number of aromatic nitrogens is 1. The molecule has 0 bridgehead atoms.